The lowest BCUT2D eigenvalue weighted by Gasteiger charge is -2.14. The third-order valence-electron chi connectivity index (χ3n) is 2.93. The molecule has 1 aromatic carbocycles. The number of nitrogens with zero attached hydrogens (tertiary/aromatic N) is 2. The lowest BCUT2D eigenvalue weighted by atomic mass is 10.2. The minimum Gasteiger partial charge on any atom is -0.397 e. The van der Waals surface area contributed by atoms with E-state index >= 15 is 0 Å². The van der Waals surface area contributed by atoms with Crippen molar-refractivity contribution in [3.63, 3.8) is 0 Å². The van der Waals surface area contributed by atoms with Gasteiger partial charge in [0.05, 0.1) is 33.5 Å². The summed E-state index contributed by atoms with van der Waals surface area (Å²) in [6.45, 7) is 2.44. The Balaban J connectivity index is 2.24. The number of nitrogens with two attached hydrogens (primary N) is 1. The monoisotopic (exact) mass is 326 g/mol. The molecule has 0 bridgehead atoms. The van der Waals surface area contributed by atoms with Crippen molar-refractivity contribution in [3.05, 3.63) is 34.3 Å². The zero-order chi connectivity index (χ0) is 15.6. The molecule has 0 fully saturated rings. The van der Waals surface area contributed by atoms with Crippen molar-refractivity contribution in [2.75, 3.05) is 25.1 Å². The minimum absolute atomic E-state index is 0.207. The molecule has 0 aliphatic carbocycles. The van der Waals surface area contributed by atoms with Gasteiger partial charge in [0.15, 0.2) is 0 Å². The van der Waals surface area contributed by atoms with Gasteiger partial charge in [-0.05, 0) is 25.1 Å². The predicted octanol–water partition coefficient (Wildman–Crippen LogP) is 1.90. The molecule has 0 saturated carbocycles. The van der Waals surface area contributed by atoms with Crippen molar-refractivity contribution in [2.24, 2.45) is 0 Å². The predicted molar refractivity (Wildman–Crippen MR) is 85.9 cm³/mol. The zero-order valence-corrected chi connectivity index (χ0v) is 13.8. The maximum Gasteiger partial charge on any atom is 0.242 e. The second-order valence-electron chi connectivity index (χ2n) is 4.75. The Morgan fingerprint density at radius 2 is 2.10 bits per heavy atom. The van der Waals surface area contributed by atoms with Crippen molar-refractivity contribution in [1.29, 1.82) is 0 Å². The van der Waals surface area contributed by atoms with Crippen LogP contribution in [0.5, 0.6) is 0 Å². The number of benzene rings is 1. The molecule has 21 heavy (non-hydrogen) atoms. The zero-order valence-electron chi connectivity index (χ0n) is 12.1. The van der Waals surface area contributed by atoms with Gasteiger partial charge in [-0.15, -0.1) is 11.3 Å². The van der Waals surface area contributed by atoms with Crippen LogP contribution in [0.25, 0.3) is 0 Å². The number of sulfonamides is 1. The second-order valence-corrected chi connectivity index (χ2v) is 7.96. The summed E-state index contributed by atoms with van der Waals surface area (Å²) in [7, 11) is -0.477. The van der Waals surface area contributed by atoms with Crippen molar-refractivity contribution >= 4 is 32.7 Å². The average Bonchev–Trinajstić information content (AvgIpc) is 2.83. The first kappa shape index (κ1) is 15.7. The van der Waals surface area contributed by atoms with E-state index in [4.69, 9.17) is 5.73 Å². The molecule has 1 aromatic heterocycles. The van der Waals surface area contributed by atoms with Crippen LogP contribution in [0.3, 0.4) is 0 Å². The molecule has 0 atom stereocenters. The van der Waals surface area contributed by atoms with Crippen LogP contribution in [0.15, 0.2) is 28.5 Å². The Labute approximate surface area is 128 Å². The van der Waals surface area contributed by atoms with Crippen molar-refractivity contribution in [1.82, 2.24) is 9.29 Å². The average molecular weight is 326 g/mol. The fraction of sp³-hybridized carbons (Fsp3) is 0.308. The van der Waals surface area contributed by atoms with Gasteiger partial charge in [0.25, 0.3) is 0 Å². The molecule has 0 spiro atoms. The summed E-state index contributed by atoms with van der Waals surface area (Å²) in [6.07, 6.45) is 0. The van der Waals surface area contributed by atoms with E-state index in [0.29, 0.717) is 17.9 Å². The number of hydrogen-bond donors (Lipinski definition) is 2. The van der Waals surface area contributed by atoms with Crippen LogP contribution < -0.4 is 11.1 Å². The molecule has 114 valence electrons. The van der Waals surface area contributed by atoms with Crippen LogP contribution in [0, 0.1) is 6.92 Å². The molecule has 3 N–H and O–H groups in total. The lowest BCUT2D eigenvalue weighted by Crippen LogP contribution is -2.22. The highest BCUT2D eigenvalue weighted by atomic mass is 32.2. The molecule has 0 saturated heterocycles. The van der Waals surface area contributed by atoms with Crippen molar-refractivity contribution < 1.29 is 8.42 Å². The number of aryl methyl sites for hydroxylation is 1. The molecule has 2 aromatic rings. The number of nitrogen functional groups attached to an aromatic ring is 1. The van der Waals surface area contributed by atoms with E-state index in [-0.39, 0.29) is 4.90 Å². The number of rotatable bonds is 5. The Hall–Kier alpha value is -1.64. The summed E-state index contributed by atoms with van der Waals surface area (Å²) in [5.74, 6) is 0. The van der Waals surface area contributed by atoms with Gasteiger partial charge < -0.3 is 11.1 Å². The summed E-state index contributed by atoms with van der Waals surface area (Å²) in [5, 5.41) is 6.08. The van der Waals surface area contributed by atoms with Crippen molar-refractivity contribution in [2.45, 2.75) is 18.4 Å². The molecule has 0 aliphatic rings. The summed E-state index contributed by atoms with van der Waals surface area (Å²) >= 11 is 1.57. The number of aromatic nitrogens is 1. The maximum atomic E-state index is 12.1. The highest BCUT2D eigenvalue weighted by Crippen LogP contribution is 2.25. The van der Waals surface area contributed by atoms with Crippen LogP contribution in [0.4, 0.5) is 11.4 Å². The van der Waals surface area contributed by atoms with Crippen LogP contribution in [0.1, 0.15) is 10.7 Å². The van der Waals surface area contributed by atoms with E-state index in [1.54, 1.807) is 23.5 Å². The van der Waals surface area contributed by atoms with E-state index in [1.165, 1.54) is 24.5 Å². The molecule has 2 rings (SSSR count). The first-order valence-corrected chi connectivity index (χ1v) is 8.59. The van der Waals surface area contributed by atoms with E-state index in [0.717, 1.165) is 10.7 Å². The number of nitrogens with one attached hydrogen (secondary N) is 1. The summed E-state index contributed by atoms with van der Waals surface area (Å²) in [6, 6.07) is 4.64. The highest BCUT2D eigenvalue weighted by Gasteiger charge is 2.18. The lowest BCUT2D eigenvalue weighted by molar-refractivity contribution is 0.521. The molecule has 0 aliphatic heterocycles. The first-order chi connectivity index (χ1) is 9.80. The van der Waals surface area contributed by atoms with Crippen molar-refractivity contribution in [3.8, 4) is 0 Å². The molecular formula is C13H18N4O2S2. The fourth-order valence-electron chi connectivity index (χ4n) is 1.73. The summed E-state index contributed by atoms with van der Waals surface area (Å²) < 4.78 is 25.4. The quantitative estimate of drug-likeness (QED) is 0.819. The van der Waals surface area contributed by atoms with Gasteiger partial charge >= 0.3 is 0 Å². The van der Waals surface area contributed by atoms with Gasteiger partial charge in [0.2, 0.25) is 10.0 Å². The largest absolute Gasteiger partial charge is 0.397 e. The van der Waals surface area contributed by atoms with Gasteiger partial charge in [-0.1, -0.05) is 0 Å². The normalized spacial score (nSPS) is 11.8. The van der Waals surface area contributed by atoms with E-state index < -0.39 is 10.0 Å². The minimum atomic E-state index is -3.47. The third kappa shape index (κ3) is 3.52. The topological polar surface area (TPSA) is 88.3 Å². The van der Waals surface area contributed by atoms with Gasteiger partial charge in [-0.25, -0.2) is 17.7 Å². The smallest absolute Gasteiger partial charge is 0.242 e. The van der Waals surface area contributed by atoms with E-state index in [1.807, 2.05) is 12.3 Å². The van der Waals surface area contributed by atoms with Crippen LogP contribution in [-0.2, 0) is 16.6 Å². The highest BCUT2D eigenvalue weighted by molar-refractivity contribution is 7.89. The number of hydrogen-bond acceptors (Lipinski definition) is 6. The molecular weight excluding hydrogens is 308 g/mol. The molecule has 8 heteroatoms. The molecule has 6 nitrogen and oxygen atoms in total. The SMILES string of the molecule is Cc1nc(CNc2cc(S(=O)(=O)N(C)C)ccc2N)cs1. The number of anilines is 2. The van der Waals surface area contributed by atoms with Crippen LogP contribution in [-0.4, -0.2) is 31.8 Å². The van der Waals surface area contributed by atoms with Crippen LogP contribution >= 0.6 is 11.3 Å². The van der Waals surface area contributed by atoms with Crippen LogP contribution in [0.2, 0.25) is 0 Å². The molecule has 1 heterocycles. The molecule has 0 unspecified atom stereocenters. The Kier molecular flexibility index (Phi) is 4.50. The van der Waals surface area contributed by atoms with Gasteiger partial charge in [0, 0.05) is 19.5 Å². The van der Waals surface area contributed by atoms with Gasteiger partial charge in [-0.2, -0.15) is 0 Å². The standard InChI is InChI=1S/C13H18N4O2S2/c1-9-16-10(8-20-9)7-15-13-6-11(4-5-12(13)14)21(18,19)17(2)3/h4-6,8,15H,7,14H2,1-3H3. The molecule has 0 amide bonds. The Bertz CT molecular complexity index is 738. The maximum absolute atomic E-state index is 12.1. The van der Waals surface area contributed by atoms with E-state index in [2.05, 4.69) is 10.3 Å². The third-order valence-corrected chi connectivity index (χ3v) is 5.56. The molecule has 0 radical (unpaired) electrons. The van der Waals surface area contributed by atoms with Gasteiger partial charge in [0.1, 0.15) is 0 Å². The van der Waals surface area contributed by atoms with E-state index in [9.17, 15) is 8.42 Å². The van der Waals surface area contributed by atoms with Gasteiger partial charge in [-0.3, -0.25) is 0 Å². The fourth-order valence-corrected chi connectivity index (χ4v) is 3.28. The summed E-state index contributed by atoms with van der Waals surface area (Å²) in [4.78, 5) is 4.55. The Morgan fingerprint density at radius 3 is 2.67 bits per heavy atom. The number of thiazole rings is 1. The first-order valence-electron chi connectivity index (χ1n) is 6.27. The second kappa shape index (κ2) is 6.00. The Morgan fingerprint density at radius 1 is 1.38 bits per heavy atom. The summed E-state index contributed by atoms with van der Waals surface area (Å²) in [5.41, 5.74) is 7.88.